The largest absolute Gasteiger partial charge is 0.494 e. The molecule has 19 heavy (non-hydrogen) atoms. The molecule has 0 unspecified atom stereocenters. The average Bonchev–Trinajstić information content (AvgIpc) is 2.38. The number of ether oxygens (including phenoxy) is 1. The first-order valence-electron chi connectivity index (χ1n) is 5.55. The molecule has 0 fully saturated rings. The SMILES string of the molecule is O=C(Nc1ccccc1)C1=C(CBr)OCCS1(=O)=O. The molecule has 7 heteroatoms. The second-order valence-corrected chi connectivity index (χ2v) is 6.48. The van der Waals surface area contributed by atoms with E-state index in [0.717, 1.165) is 0 Å². The molecule has 1 heterocycles. The highest BCUT2D eigenvalue weighted by Gasteiger charge is 2.33. The zero-order valence-corrected chi connectivity index (χ0v) is 12.3. The number of sulfone groups is 1. The summed E-state index contributed by atoms with van der Waals surface area (Å²) in [6.45, 7) is 0.0748. The minimum absolute atomic E-state index is 0.0748. The summed E-state index contributed by atoms with van der Waals surface area (Å²) in [6, 6.07) is 8.67. The highest BCUT2D eigenvalue weighted by Crippen LogP contribution is 2.23. The maximum atomic E-state index is 12.1. The van der Waals surface area contributed by atoms with Gasteiger partial charge in [-0.3, -0.25) is 4.79 Å². The van der Waals surface area contributed by atoms with Gasteiger partial charge in [-0.25, -0.2) is 8.42 Å². The third-order valence-electron chi connectivity index (χ3n) is 2.55. The monoisotopic (exact) mass is 345 g/mol. The summed E-state index contributed by atoms with van der Waals surface area (Å²) in [5.74, 6) is -0.693. The average molecular weight is 346 g/mol. The Kier molecular flexibility index (Phi) is 4.26. The second kappa shape index (κ2) is 5.75. The molecule has 1 N–H and O–H groups in total. The normalized spacial score (nSPS) is 17.7. The predicted molar refractivity (Wildman–Crippen MR) is 75.6 cm³/mol. The lowest BCUT2D eigenvalue weighted by Crippen LogP contribution is -2.30. The van der Waals surface area contributed by atoms with Gasteiger partial charge in [0, 0.05) is 5.69 Å². The lowest BCUT2D eigenvalue weighted by Gasteiger charge is -2.19. The van der Waals surface area contributed by atoms with Crippen molar-refractivity contribution in [3.63, 3.8) is 0 Å². The van der Waals surface area contributed by atoms with Gasteiger partial charge >= 0.3 is 0 Å². The van der Waals surface area contributed by atoms with Crippen molar-refractivity contribution in [2.75, 3.05) is 23.0 Å². The zero-order chi connectivity index (χ0) is 13.9. The Bertz CT molecular complexity index is 610. The lowest BCUT2D eigenvalue weighted by atomic mass is 10.3. The molecule has 1 aliphatic heterocycles. The molecular weight excluding hydrogens is 334 g/mol. The maximum absolute atomic E-state index is 12.1. The van der Waals surface area contributed by atoms with Crippen LogP contribution in [0.4, 0.5) is 5.69 Å². The van der Waals surface area contributed by atoms with Gasteiger partial charge in [0.15, 0.2) is 14.7 Å². The summed E-state index contributed by atoms with van der Waals surface area (Å²) in [6.07, 6.45) is 0. The summed E-state index contributed by atoms with van der Waals surface area (Å²) < 4.78 is 29.2. The van der Waals surface area contributed by atoms with Crippen LogP contribution in [0.3, 0.4) is 0 Å². The fourth-order valence-corrected chi connectivity index (χ4v) is 3.64. The lowest BCUT2D eigenvalue weighted by molar-refractivity contribution is -0.112. The third-order valence-corrected chi connectivity index (χ3v) is 4.80. The fraction of sp³-hybridized carbons (Fsp3) is 0.250. The summed E-state index contributed by atoms with van der Waals surface area (Å²) in [4.78, 5) is 11.8. The number of benzene rings is 1. The van der Waals surface area contributed by atoms with E-state index in [9.17, 15) is 13.2 Å². The van der Waals surface area contributed by atoms with E-state index in [4.69, 9.17) is 4.74 Å². The highest BCUT2D eigenvalue weighted by molar-refractivity contribution is 9.09. The number of hydrogen-bond donors (Lipinski definition) is 1. The molecule has 1 amide bonds. The number of rotatable bonds is 3. The molecule has 0 aliphatic carbocycles. The quantitative estimate of drug-likeness (QED) is 0.846. The Labute approximate surface area is 119 Å². The third kappa shape index (κ3) is 3.16. The van der Waals surface area contributed by atoms with Crippen molar-refractivity contribution in [3.8, 4) is 0 Å². The molecule has 0 bridgehead atoms. The number of allylic oxidation sites excluding steroid dienone is 1. The zero-order valence-electron chi connectivity index (χ0n) is 9.93. The van der Waals surface area contributed by atoms with Crippen molar-refractivity contribution in [2.24, 2.45) is 0 Å². The van der Waals surface area contributed by atoms with Crippen LogP contribution in [0.15, 0.2) is 41.0 Å². The van der Waals surface area contributed by atoms with Gasteiger partial charge in [-0.2, -0.15) is 0 Å². The van der Waals surface area contributed by atoms with E-state index in [1.165, 1.54) is 0 Å². The van der Waals surface area contributed by atoms with Crippen LogP contribution in [-0.2, 0) is 19.4 Å². The van der Waals surface area contributed by atoms with Crippen LogP contribution in [0.5, 0.6) is 0 Å². The first kappa shape index (κ1) is 14.1. The number of anilines is 1. The van der Waals surface area contributed by atoms with Crippen molar-refractivity contribution in [1.82, 2.24) is 0 Å². The van der Waals surface area contributed by atoms with Crippen molar-refractivity contribution in [1.29, 1.82) is 0 Å². The first-order valence-corrected chi connectivity index (χ1v) is 8.33. The highest BCUT2D eigenvalue weighted by atomic mass is 79.9. The van der Waals surface area contributed by atoms with E-state index in [-0.39, 0.29) is 28.4 Å². The number of alkyl halides is 1. The van der Waals surface area contributed by atoms with Crippen LogP contribution in [0, 0.1) is 0 Å². The van der Waals surface area contributed by atoms with Crippen LogP contribution in [0.1, 0.15) is 0 Å². The van der Waals surface area contributed by atoms with Crippen molar-refractivity contribution >= 4 is 37.4 Å². The van der Waals surface area contributed by atoms with Gasteiger partial charge in [0.2, 0.25) is 0 Å². The number of hydrogen-bond acceptors (Lipinski definition) is 4. The van der Waals surface area contributed by atoms with E-state index in [1.54, 1.807) is 30.3 Å². The Morgan fingerprint density at radius 2 is 2.00 bits per heavy atom. The molecule has 0 aromatic heterocycles. The van der Waals surface area contributed by atoms with Gasteiger partial charge in [0.1, 0.15) is 12.4 Å². The van der Waals surface area contributed by atoms with E-state index >= 15 is 0 Å². The smallest absolute Gasteiger partial charge is 0.270 e. The van der Waals surface area contributed by atoms with Gasteiger partial charge < -0.3 is 10.1 Å². The van der Waals surface area contributed by atoms with Gasteiger partial charge in [-0.15, -0.1) is 0 Å². The summed E-state index contributed by atoms with van der Waals surface area (Å²) in [5.41, 5.74) is 0.537. The molecular formula is C12H12BrNO4S. The molecule has 2 rings (SSSR count). The summed E-state index contributed by atoms with van der Waals surface area (Å²) >= 11 is 3.13. The Morgan fingerprint density at radius 3 is 2.63 bits per heavy atom. The molecule has 0 radical (unpaired) electrons. The number of amides is 1. The fourth-order valence-electron chi connectivity index (χ4n) is 1.69. The van der Waals surface area contributed by atoms with Crippen LogP contribution in [0.2, 0.25) is 0 Å². The van der Waals surface area contributed by atoms with Gasteiger partial charge in [0.05, 0.1) is 11.1 Å². The van der Waals surface area contributed by atoms with Crippen molar-refractivity contribution < 1.29 is 17.9 Å². The molecule has 1 aliphatic rings. The summed E-state index contributed by atoms with van der Waals surface area (Å²) in [7, 11) is -3.59. The maximum Gasteiger partial charge on any atom is 0.270 e. The molecule has 0 saturated carbocycles. The Hall–Kier alpha value is -1.34. The molecule has 0 saturated heterocycles. The number of para-hydroxylation sites is 1. The van der Waals surface area contributed by atoms with Gasteiger partial charge in [-0.1, -0.05) is 34.1 Å². The molecule has 1 aromatic carbocycles. The van der Waals surface area contributed by atoms with Crippen molar-refractivity contribution in [3.05, 3.63) is 41.0 Å². The molecule has 1 aromatic rings. The number of carbonyl (C=O) groups is 1. The van der Waals surface area contributed by atoms with Crippen LogP contribution >= 0.6 is 15.9 Å². The van der Waals surface area contributed by atoms with E-state index in [0.29, 0.717) is 5.69 Å². The Balaban J connectivity index is 2.33. The van der Waals surface area contributed by atoms with E-state index in [1.807, 2.05) is 0 Å². The molecule has 5 nitrogen and oxygen atoms in total. The minimum Gasteiger partial charge on any atom is -0.494 e. The predicted octanol–water partition coefficient (Wildman–Crippen LogP) is 1.68. The first-order chi connectivity index (χ1) is 9.04. The number of nitrogens with one attached hydrogen (secondary N) is 1. The molecule has 0 spiro atoms. The van der Waals surface area contributed by atoms with Gasteiger partial charge in [-0.05, 0) is 12.1 Å². The van der Waals surface area contributed by atoms with Crippen LogP contribution in [-0.4, -0.2) is 32.0 Å². The molecule has 0 atom stereocenters. The second-order valence-electron chi connectivity index (χ2n) is 3.87. The van der Waals surface area contributed by atoms with Gasteiger partial charge in [0.25, 0.3) is 5.91 Å². The topological polar surface area (TPSA) is 72.5 Å². The molecule has 102 valence electrons. The van der Waals surface area contributed by atoms with E-state index < -0.39 is 15.7 Å². The number of carbonyl (C=O) groups excluding carboxylic acids is 1. The Morgan fingerprint density at radius 1 is 1.32 bits per heavy atom. The van der Waals surface area contributed by atoms with E-state index in [2.05, 4.69) is 21.2 Å². The standard InChI is InChI=1S/C12H12BrNO4S/c13-8-10-11(19(16,17)7-6-18-10)12(15)14-9-4-2-1-3-5-9/h1-5H,6-8H2,(H,14,15). The summed E-state index contributed by atoms with van der Waals surface area (Å²) in [5, 5.41) is 2.74. The van der Waals surface area contributed by atoms with Crippen molar-refractivity contribution in [2.45, 2.75) is 0 Å². The van der Waals surface area contributed by atoms with Crippen LogP contribution < -0.4 is 5.32 Å². The van der Waals surface area contributed by atoms with Crippen LogP contribution in [0.25, 0.3) is 0 Å². The minimum atomic E-state index is -3.59. The number of halogens is 1.